The van der Waals surface area contributed by atoms with Crippen molar-refractivity contribution in [2.75, 3.05) is 14.2 Å². The Morgan fingerprint density at radius 2 is 1.85 bits per heavy atom. The Labute approximate surface area is 125 Å². The summed E-state index contributed by atoms with van der Waals surface area (Å²) in [5.74, 6) is 0.891. The fourth-order valence-corrected chi connectivity index (χ4v) is 2.55. The van der Waals surface area contributed by atoms with Gasteiger partial charge in [0.15, 0.2) is 0 Å². The van der Waals surface area contributed by atoms with Crippen molar-refractivity contribution in [2.24, 2.45) is 0 Å². The molecular formula is C17H20ClNO. The summed E-state index contributed by atoms with van der Waals surface area (Å²) in [6.07, 6.45) is 0. The van der Waals surface area contributed by atoms with Crippen LogP contribution in [0.15, 0.2) is 36.4 Å². The van der Waals surface area contributed by atoms with Crippen molar-refractivity contribution in [1.29, 1.82) is 0 Å². The average molecular weight is 290 g/mol. The molecule has 3 heteroatoms. The van der Waals surface area contributed by atoms with E-state index in [0.29, 0.717) is 0 Å². The van der Waals surface area contributed by atoms with Gasteiger partial charge in [-0.05, 0) is 44.2 Å². The molecular weight excluding hydrogens is 270 g/mol. The lowest BCUT2D eigenvalue weighted by atomic mass is 9.95. The average Bonchev–Trinajstić information content (AvgIpc) is 2.44. The quantitative estimate of drug-likeness (QED) is 0.907. The van der Waals surface area contributed by atoms with Crippen LogP contribution in [0, 0.1) is 13.8 Å². The third-order valence-electron chi connectivity index (χ3n) is 3.50. The second-order valence-electron chi connectivity index (χ2n) is 4.98. The normalized spacial score (nSPS) is 12.2. The number of nitrogens with one attached hydrogen (secondary N) is 1. The molecule has 0 saturated carbocycles. The molecule has 0 aliphatic heterocycles. The van der Waals surface area contributed by atoms with Crippen molar-refractivity contribution in [2.45, 2.75) is 19.9 Å². The molecule has 0 aromatic heterocycles. The van der Waals surface area contributed by atoms with E-state index < -0.39 is 0 Å². The fourth-order valence-electron chi connectivity index (χ4n) is 2.43. The summed E-state index contributed by atoms with van der Waals surface area (Å²) in [5.41, 5.74) is 4.61. The molecule has 2 aromatic carbocycles. The Kier molecular flexibility index (Phi) is 4.69. The Bertz CT molecular complexity index is 610. The third-order valence-corrected chi connectivity index (χ3v) is 3.92. The molecule has 0 spiro atoms. The number of halogens is 1. The SMILES string of the molecule is CNC(c1ccc(Cl)c(C)c1)c1cc(C)ccc1OC. The van der Waals surface area contributed by atoms with Gasteiger partial charge in [0.1, 0.15) is 5.75 Å². The maximum Gasteiger partial charge on any atom is 0.123 e. The molecule has 0 heterocycles. The van der Waals surface area contributed by atoms with E-state index in [2.05, 4.69) is 36.5 Å². The molecule has 0 amide bonds. The minimum Gasteiger partial charge on any atom is -0.496 e. The molecule has 2 rings (SSSR count). The Morgan fingerprint density at radius 3 is 2.45 bits per heavy atom. The van der Waals surface area contributed by atoms with Gasteiger partial charge in [0.25, 0.3) is 0 Å². The van der Waals surface area contributed by atoms with Gasteiger partial charge in [-0.3, -0.25) is 0 Å². The van der Waals surface area contributed by atoms with Crippen LogP contribution in [0.1, 0.15) is 28.3 Å². The largest absolute Gasteiger partial charge is 0.496 e. The minimum atomic E-state index is 0.0841. The predicted molar refractivity (Wildman–Crippen MR) is 84.8 cm³/mol. The minimum absolute atomic E-state index is 0.0841. The summed E-state index contributed by atoms with van der Waals surface area (Å²) in [6.45, 7) is 4.11. The van der Waals surface area contributed by atoms with Crippen molar-refractivity contribution in [3.63, 3.8) is 0 Å². The second-order valence-corrected chi connectivity index (χ2v) is 5.38. The first-order valence-electron chi connectivity index (χ1n) is 6.64. The molecule has 1 atom stereocenters. The molecule has 2 nitrogen and oxygen atoms in total. The van der Waals surface area contributed by atoms with Crippen LogP contribution in [0.25, 0.3) is 0 Å². The van der Waals surface area contributed by atoms with Gasteiger partial charge in [-0.2, -0.15) is 0 Å². The van der Waals surface area contributed by atoms with E-state index in [4.69, 9.17) is 16.3 Å². The van der Waals surface area contributed by atoms with Crippen LogP contribution in [0.5, 0.6) is 5.75 Å². The number of hydrogen-bond acceptors (Lipinski definition) is 2. The van der Waals surface area contributed by atoms with Crippen LogP contribution in [0.4, 0.5) is 0 Å². The number of ether oxygens (including phenoxy) is 1. The van der Waals surface area contributed by atoms with Crippen LogP contribution < -0.4 is 10.1 Å². The van der Waals surface area contributed by atoms with E-state index in [1.54, 1.807) is 7.11 Å². The fraction of sp³-hybridized carbons (Fsp3) is 0.294. The summed E-state index contributed by atoms with van der Waals surface area (Å²) in [5, 5.41) is 4.15. The van der Waals surface area contributed by atoms with Crippen LogP contribution in [-0.2, 0) is 0 Å². The van der Waals surface area contributed by atoms with Crippen LogP contribution in [0.3, 0.4) is 0 Å². The van der Waals surface area contributed by atoms with Gasteiger partial charge in [-0.25, -0.2) is 0 Å². The number of hydrogen-bond donors (Lipinski definition) is 1. The zero-order valence-electron chi connectivity index (χ0n) is 12.3. The lowest BCUT2D eigenvalue weighted by Crippen LogP contribution is -2.18. The van der Waals surface area contributed by atoms with E-state index >= 15 is 0 Å². The highest BCUT2D eigenvalue weighted by molar-refractivity contribution is 6.31. The number of benzene rings is 2. The molecule has 1 N–H and O–H groups in total. The Hall–Kier alpha value is -1.51. The topological polar surface area (TPSA) is 21.3 Å². The van der Waals surface area contributed by atoms with Gasteiger partial charge in [0.2, 0.25) is 0 Å². The molecule has 0 aliphatic rings. The highest BCUT2D eigenvalue weighted by atomic mass is 35.5. The van der Waals surface area contributed by atoms with Crippen LogP contribution >= 0.6 is 11.6 Å². The van der Waals surface area contributed by atoms with E-state index in [0.717, 1.165) is 21.9 Å². The lowest BCUT2D eigenvalue weighted by molar-refractivity contribution is 0.405. The van der Waals surface area contributed by atoms with Crippen molar-refractivity contribution < 1.29 is 4.74 Å². The van der Waals surface area contributed by atoms with Gasteiger partial charge in [-0.1, -0.05) is 41.4 Å². The van der Waals surface area contributed by atoms with Gasteiger partial charge < -0.3 is 10.1 Å². The van der Waals surface area contributed by atoms with Crippen molar-refractivity contribution in [1.82, 2.24) is 5.32 Å². The van der Waals surface area contributed by atoms with Crippen molar-refractivity contribution in [3.8, 4) is 5.75 Å². The van der Waals surface area contributed by atoms with Gasteiger partial charge in [0.05, 0.1) is 13.2 Å². The molecule has 0 saturated heterocycles. The first-order chi connectivity index (χ1) is 9.56. The number of rotatable bonds is 4. The van der Waals surface area contributed by atoms with Gasteiger partial charge >= 0.3 is 0 Å². The summed E-state index contributed by atoms with van der Waals surface area (Å²) in [6, 6.07) is 12.4. The van der Waals surface area contributed by atoms with Crippen LogP contribution in [0.2, 0.25) is 5.02 Å². The highest BCUT2D eigenvalue weighted by Gasteiger charge is 2.17. The van der Waals surface area contributed by atoms with Gasteiger partial charge in [-0.15, -0.1) is 0 Å². The summed E-state index contributed by atoms with van der Waals surface area (Å²) in [4.78, 5) is 0. The zero-order valence-corrected chi connectivity index (χ0v) is 13.1. The van der Waals surface area contributed by atoms with Crippen LogP contribution in [-0.4, -0.2) is 14.2 Å². The molecule has 20 heavy (non-hydrogen) atoms. The molecule has 1 unspecified atom stereocenters. The summed E-state index contributed by atoms with van der Waals surface area (Å²) >= 11 is 6.11. The predicted octanol–water partition coefficient (Wildman–Crippen LogP) is 4.27. The number of aryl methyl sites for hydroxylation is 2. The van der Waals surface area contributed by atoms with E-state index in [-0.39, 0.29) is 6.04 Å². The highest BCUT2D eigenvalue weighted by Crippen LogP contribution is 2.32. The monoisotopic (exact) mass is 289 g/mol. The third kappa shape index (κ3) is 2.97. The maximum absolute atomic E-state index is 6.11. The smallest absolute Gasteiger partial charge is 0.123 e. The Balaban J connectivity index is 2.51. The molecule has 0 radical (unpaired) electrons. The maximum atomic E-state index is 6.11. The molecule has 0 aliphatic carbocycles. The van der Waals surface area contributed by atoms with E-state index in [1.807, 2.05) is 26.1 Å². The molecule has 0 bridgehead atoms. The lowest BCUT2D eigenvalue weighted by Gasteiger charge is -2.21. The standard InChI is InChI=1S/C17H20ClNO/c1-11-5-8-16(20-4)14(9-11)17(19-3)13-6-7-15(18)12(2)10-13/h5-10,17,19H,1-4H3. The first kappa shape index (κ1) is 14.9. The first-order valence-corrected chi connectivity index (χ1v) is 7.02. The molecule has 0 fully saturated rings. The van der Waals surface area contributed by atoms with E-state index in [1.165, 1.54) is 11.1 Å². The van der Waals surface area contributed by atoms with Crippen molar-refractivity contribution >= 4 is 11.6 Å². The number of methoxy groups -OCH3 is 1. The second kappa shape index (κ2) is 6.29. The summed E-state index contributed by atoms with van der Waals surface area (Å²) < 4.78 is 5.49. The molecule has 106 valence electrons. The zero-order chi connectivity index (χ0) is 14.7. The van der Waals surface area contributed by atoms with E-state index in [9.17, 15) is 0 Å². The molecule has 2 aromatic rings. The van der Waals surface area contributed by atoms with Crippen molar-refractivity contribution in [3.05, 3.63) is 63.7 Å². The Morgan fingerprint density at radius 1 is 1.10 bits per heavy atom. The summed E-state index contributed by atoms with van der Waals surface area (Å²) in [7, 11) is 3.66. The van der Waals surface area contributed by atoms with Gasteiger partial charge in [0, 0.05) is 10.6 Å².